The predicted octanol–water partition coefficient (Wildman–Crippen LogP) is 2.87. The third kappa shape index (κ3) is 4.67. The Hall–Kier alpha value is -2.73. The highest BCUT2D eigenvalue weighted by Gasteiger charge is 2.25. The number of nitrogens with one attached hydrogen (secondary N) is 1. The fraction of sp³-hybridized carbons (Fsp3) is 0.300. The van der Waals surface area contributed by atoms with Crippen molar-refractivity contribution in [1.82, 2.24) is 4.90 Å². The van der Waals surface area contributed by atoms with Gasteiger partial charge in [-0.15, -0.1) is 0 Å². The van der Waals surface area contributed by atoms with Crippen molar-refractivity contribution >= 4 is 17.5 Å². The molecule has 5 nitrogen and oxygen atoms in total. The van der Waals surface area contributed by atoms with Gasteiger partial charge in [-0.25, -0.2) is 4.39 Å². The molecular formula is C20H21FN2O3. The molecule has 0 saturated carbocycles. The maximum Gasteiger partial charge on any atom is 0.254 e. The Kier molecular flexibility index (Phi) is 5.63. The first kappa shape index (κ1) is 18.1. The van der Waals surface area contributed by atoms with E-state index in [2.05, 4.69) is 5.32 Å². The quantitative estimate of drug-likeness (QED) is 0.916. The molecule has 1 fully saturated rings. The Morgan fingerprint density at radius 1 is 1.23 bits per heavy atom. The van der Waals surface area contributed by atoms with Gasteiger partial charge < -0.3 is 15.0 Å². The molecule has 1 N–H and O–H groups in total. The van der Waals surface area contributed by atoms with Gasteiger partial charge in [-0.3, -0.25) is 9.59 Å². The van der Waals surface area contributed by atoms with Crippen molar-refractivity contribution in [3.8, 4) is 0 Å². The lowest BCUT2D eigenvalue weighted by atomic mass is 10.1. The standard InChI is InChI=1S/C20H21FN2O3/c1-14(24)22-18-4-2-3-16(12-18)20(25)23-9-10-26-19(13-23)11-15-5-7-17(21)8-6-15/h2-8,12,19H,9-11,13H2,1H3,(H,22,24)/t19-/m1/s1. The molecule has 2 aromatic rings. The average molecular weight is 356 g/mol. The van der Waals surface area contributed by atoms with Crippen molar-refractivity contribution in [1.29, 1.82) is 0 Å². The van der Waals surface area contributed by atoms with Crippen LogP contribution >= 0.6 is 0 Å². The first-order valence-corrected chi connectivity index (χ1v) is 8.54. The minimum absolute atomic E-state index is 0.0930. The van der Waals surface area contributed by atoms with Crippen LogP contribution in [0.25, 0.3) is 0 Å². The van der Waals surface area contributed by atoms with Gasteiger partial charge in [-0.05, 0) is 35.9 Å². The minimum atomic E-state index is -0.269. The van der Waals surface area contributed by atoms with E-state index < -0.39 is 0 Å². The van der Waals surface area contributed by atoms with Crippen molar-refractivity contribution in [3.63, 3.8) is 0 Å². The summed E-state index contributed by atoms with van der Waals surface area (Å²) >= 11 is 0. The molecule has 1 aliphatic heterocycles. The van der Waals surface area contributed by atoms with Crippen LogP contribution in [0, 0.1) is 5.82 Å². The van der Waals surface area contributed by atoms with Gasteiger partial charge in [-0.2, -0.15) is 0 Å². The number of hydrogen-bond donors (Lipinski definition) is 1. The summed E-state index contributed by atoms with van der Waals surface area (Å²) in [6.07, 6.45) is 0.493. The fourth-order valence-corrected chi connectivity index (χ4v) is 3.03. The summed E-state index contributed by atoms with van der Waals surface area (Å²) in [6.45, 7) is 2.88. The molecule has 1 heterocycles. The van der Waals surface area contributed by atoms with Gasteiger partial charge >= 0.3 is 0 Å². The first-order chi connectivity index (χ1) is 12.5. The number of rotatable bonds is 4. The van der Waals surface area contributed by atoms with Crippen LogP contribution in [-0.2, 0) is 16.0 Å². The topological polar surface area (TPSA) is 58.6 Å². The van der Waals surface area contributed by atoms with Crippen LogP contribution in [0.5, 0.6) is 0 Å². The third-order valence-corrected chi connectivity index (χ3v) is 4.23. The summed E-state index contributed by atoms with van der Waals surface area (Å²) < 4.78 is 18.8. The molecular weight excluding hydrogens is 335 g/mol. The predicted molar refractivity (Wildman–Crippen MR) is 96.5 cm³/mol. The van der Waals surface area contributed by atoms with Crippen LogP contribution in [0.2, 0.25) is 0 Å². The summed E-state index contributed by atoms with van der Waals surface area (Å²) in [4.78, 5) is 25.7. The maximum atomic E-state index is 13.0. The van der Waals surface area contributed by atoms with Crippen LogP contribution in [0.1, 0.15) is 22.8 Å². The van der Waals surface area contributed by atoms with Gasteiger partial charge in [0, 0.05) is 37.7 Å². The molecule has 1 saturated heterocycles. The SMILES string of the molecule is CC(=O)Nc1cccc(C(=O)N2CCO[C@H](Cc3ccc(F)cc3)C2)c1. The highest BCUT2D eigenvalue weighted by molar-refractivity contribution is 5.96. The average Bonchev–Trinajstić information content (AvgIpc) is 2.63. The maximum absolute atomic E-state index is 13.0. The Balaban J connectivity index is 1.66. The molecule has 0 aliphatic carbocycles. The van der Waals surface area contributed by atoms with Crippen molar-refractivity contribution in [2.45, 2.75) is 19.4 Å². The number of benzene rings is 2. The van der Waals surface area contributed by atoms with Gasteiger partial charge in [0.05, 0.1) is 12.7 Å². The van der Waals surface area contributed by atoms with Gasteiger partial charge in [-0.1, -0.05) is 18.2 Å². The van der Waals surface area contributed by atoms with Gasteiger partial charge in [0.25, 0.3) is 5.91 Å². The molecule has 2 amide bonds. The molecule has 2 aromatic carbocycles. The largest absolute Gasteiger partial charge is 0.374 e. The van der Waals surface area contributed by atoms with E-state index in [0.717, 1.165) is 5.56 Å². The van der Waals surface area contributed by atoms with E-state index >= 15 is 0 Å². The highest BCUT2D eigenvalue weighted by atomic mass is 19.1. The van der Waals surface area contributed by atoms with Crippen LogP contribution in [-0.4, -0.2) is 42.5 Å². The lowest BCUT2D eigenvalue weighted by Crippen LogP contribution is -2.46. The second kappa shape index (κ2) is 8.10. The molecule has 0 radical (unpaired) electrons. The number of ether oxygens (including phenoxy) is 1. The van der Waals surface area contributed by atoms with Crippen molar-refractivity contribution in [2.75, 3.05) is 25.0 Å². The summed E-state index contributed by atoms with van der Waals surface area (Å²) in [5.74, 6) is -0.542. The van der Waals surface area contributed by atoms with E-state index in [1.54, 1.807) is 41.3 Å². The lowest BCUT2D eigenvalue weighted by molar-refractivity contribution is -0.114. The molecule has 0 bridgehead atoms. The molecule has 1 aliphatic rings. The Bertz CT molecular complexity index is 792. The number of nitrogens with zero attached hydrogens (tertiary/aromatic N) is 1. The van der Waals surface area contributed by atoms with Crippen LogP contribution < -0.4 is 5.32 Å². The number of carbonyl (C=O) groups is 2. The molecule has 26 heavy (non-hydrogen) atoms. The summed E-state index contributed by atoms with van der Waals surface area (Å²) in [6, 6.07) is 13.2. The number of morpholine rings is 1. The Labute approximate surface area is 151 Å². The lowest BCUT2D eigenvalue weighted by Gasteiger charge is -2.33. The molecule has 6 heteroatoms. The zero-order valence-corrected chi connectivity index (χ0v) is 14.6. The normalized spacial score (nSPS) is 17.0. The molecule has 3 rings (SSSR count). The Morgan fingerprint density at radius 2 is 2.00 bits per heavy atom. The van der Waals surface area contributed by atoms with E-state index in [1.165, 1.54) is 19.1 Å². The second-order valence-electron chi connectivity index (χ2n) is 6.34. The molecule has 0 aromatic heterocycles. The number of hydrogen-bond acceptors (Lipinski definition) is 3. The van der Waals surface area contributed by atoms with E-state index in [4.69, 9.17) is 4.74 Å². The number of halogens is 1. The van der Waals surface area contributed by atoms with Gasteiger partial charge in [0.2, 0.25) is 5.91 Å². The fourth-order valence-electron chi connectivity index (χ4n) is 3.03. The van der Waals surface area contributed by atoms with Crippen molar-refractivity contribution in [3.05, 3.63) is 65.5 Å². The van der Waals surface area contributed by atoms with Crippen molar-refractivity contribution < 1.29 is 18.7 Å². The van der Waals surface area contributed by atoms with Gasteiger partial charge in [0.15, 0.2) is 0 Å². The molecule has 0 spiro atoms. The Morgan fingerprint density at radius 3 is 2.73 bits per heavy atom. The highest BCUT2D eigenvalue weighted by Crippen LogP contribution is 2.17. The minimum Gasteiger partial charge on any atom is -0.374 e. The molecule has 136 valence electrons. The number of anilines is 1. The van der Waals surface area contributed by atoms with Crippen molar-refractivity contribution in [2.24, 2.45) is 0 Å². The van der Waals surface area contributed by atoms with Crippen LogP contribution in [0.3, 0.4) is 0 Å². The van der Waals surface area contributed by atoms with E-state index in [9.17, 15) is 14.0 Å². The molecule has 1 atom stereocenters. The van der Waals surface area contributed by atoms with E-state index in [0.29, 0.717) is 37.4 Å². The van der Waals surface area contributed by atoms with E-state index in [1.807, 2.05) is 0 Å². The zero-order chi connectivity index (χ0) is 18.5. The number of carbonyl (C=O) groups excluding carboxylic acids is 2. The monoisotopic (exact) mass is 356 g/mol. The van der Waals surface area contributed by atoms with Gasteiger partial charge in [0.1, 0.15) is 5.82 Å². The summed E-state index contributed by atoms with van der Waals surface area (Å²) in [7, 11) is 0. The summed E-state index contributed by atoms with van der Waals surface area (Å²) in [5, 5.41) is 2.68. The first-order valence-electron chi connectivity index (χ1n) is 8.54. The van der Waals surface area contributed by atoms with E-state index in [-0.39, 0.29) is 23.7 Å². The molecule has 0 unspecified atom stereocenters. The second-order valence-corrected chi connectivity index (χ2v) is 6.34. The van der Waals surface area contributed by atoms with Crippen LogP contribution in [0.15, 0.2) is 48.5 Å². The van der Waals surface area contributed by atoms with Crippen LogP contribution in [0.4, 0.5) is 10.1 Å². The summed E-state index contributed by atoms with van der Waals surface area (Å²) in [5.41, 5.74) is 2.09. The zero-order valence-electron chi connectivity index (χ0n) is 14.6. The third-order valence-electron chi connectivity index (χ3n) is 4.23. The smallest absolute Gasteiger partial charge is 0.254 e. The number of amides is 2.